The lowest BCUT2D eigenvalue weighted by Gasteiger charge is -2.19. The van der Waals surface area contributed by atoms with Gasteiger partial charge in [-0.05, 0) is 70.6 Å². The van der Waals surface area contributed by atoms with Crippen molar-refractivity contribution in [2.24, 2.45) is 0 Å². The van der Waals surface area contributed by atoms with Crippen molar-refractivity contribution >= 4 is 5.91 Å². The van der Waals surface area contributed by atoms with Crippen molar-refractivity contribution in [3.05, 3.63) is 48.6 Å². The van der Waals surface area contributed by atoms with E-state index in [1.165, 1.54) is 109 Å². The van der Waals surface area contributed by atoms with Crippen LogP contribution < -0.4 is 5.32 Å². The Labute approximate surface area is 274 Å². The molecule has 0 saturated carbocycles. The molecule has 0 rings (SSSR count). The molecular formula is C40H73NO3. The average molecular weight is 616 g/mol. The molecule has 0 bridgehead atoms. The highest BCUT2D eigenvalue weighted by molar-refractivity contribution is 5.76. The number of hydrogen-bond acceptors (Lipinski definition) is 3. The predicted molar refractivity (Wildman–Crippen MR) is 193 cm³/mol. The van der Waals surface area contributed by atoms with E-state index in [1.54, 1.807) is 6.08 Å². The van der Waals surface area contributed by atoms with E-state index in [1.807, 2.05) is 6.08 Å². The number of hydrogen-bond donors (Lipinski definition) is 3. The summed E-state index contributed by atoms with van der Waals surface area (Å²) in [6, 6.07) is -0.648. The Morgan fingerprint density at radius 2 is 0.886 bits per heavy atom. The van der Waals surface area contributed by atoms with Gasteiger partial charge in [-0.25, -0.2) is 0 Å². The summed E-state index contributed by atoms with van der Waals surface area (Å²) in [5.74, 6) is -0.0901. The van der Waals surface area contributed by atoms with Gasteiger partial charge in [0.05, 0.1) is 18.8 Å². The molecule has 0 aromatic rings. The zero-order chi connectivity index (χ0) is 32.2. The highest BCUT2D eigenvalue weighted by atomic mass is 16.3. The first-order chi connectivity index (χ1) is 21.7. The summed E-state index contributed by atoms with van der Waals surface area (Å²) in [6.07, 6.45) is 47.7. The zero-order valence-electron chi connectivity index (χ0n) is 29.2. The van der Waals surface area contributed by atoms with Gasteiger partial charge < -0.3 is 15.5 Å². The number of carbonyl (C=O) groups is 1. The Balaban J connectivity index is 3.72. The second-order valence-corrected chi connectivity index (χ2v) is 12.6. The van der Waals surface area contributed by atoms with E-state index in [2.05, 4.69) is 55.6 Å². The van der Waals surface area contributed by atoms with Crippen LogP contribution in [0.25, 0.3) is 0 Å². The van der Waals surface area contributed by atoms with Gasteiger partial charge in [0, 0.05) is 6.42 Å². The van der Waals surface area contributed by atoms with Crippen molar-refractivity contribution in [2.45, 2.75) is 193 Å². The van der Waals surface area contributed by atoms with Gasteiger partial charge in [0.15, 0.2) is 0 Å². The maximum Gasteiger partial charge on any atom is 0.220 e. The van der Waals surface area contributed by atoms with E-state index in [-0.39, 0.29) is 12.5 Å². The van der Waals surface area contributed by atoms with Gasteiger partial charge in [0.2, 0.25) is 5.91 Å². The van der Waals surface area contributed by atoms with Crippen LogP contribution in [0.1, 0.15) is 181 Å². The highest BCUT2D eigenvalue weighted by Gasteiger charge is 2.17. The Morgan fingerprint density at radius 1 is 0.523 bits per heavy atom. The fourth-order valence-electron chi connectivity index (χ4n) is 5.32. The highest BCUT2D eigenvalue weighted by Crippen LogP contribution is 2.12. The van der Waals surface area contributed by atoms with Crippen LogP contribution in [-0.2, 0) is 4.79 Å². The van der Waals surface area contributed by atoms with Gasteiger partial charge in [-0.3, -0.25) is 4.79 Å². The molecule has 2 atom stereocenters. The van der Waals surface area contributed by atoms with E-state index in [9.17, 15) is 15.0 Å². The molecule has 0 aliphatic heterocycles. The first-order valence-electron chi connectivity index (χ1n) is 18.9. The number of nitrogens with one attached hydrogen (secondary N) is 1. The number of allylic oxidation sites excluding steroid dienone is 7. The Morgan fingerprint density at radius 3 is 1.34 bits per heavy atom. The lowest BCUT2D eigenvalue weighted by Crippen LogP contribution is -2.45. The monoisotopic (exact) mass is 616 g/mol. The van der Waals surface area contributed by atoms with Crippen LogP contribution >= 0.6 is 0 Å². The lowest BCUT2D eigenvalue weighted by molar-refractivity contribution is -0.123. The van der Waals surface area contributed by atoms with Crippen molar-refractivity contribution in [2.75, 3.05) is 6.61 Å². The quantitative estimate of drug-likeness (QED) is 0.0508. The number of aliphatic hydroxyl groups is 2. The van der Waals surface area contributed by atoms with Crippen LogP contribution in [0.3, 0.4) is 0 Å². The number of carbonyl (C=O) groups excluding carboxylic acids is 1. The van der Waals surface area contributed by atoms with E-state index in [0.717, 1.165) is 51.4 Å². The van der Waals surface area contributed by atoms with E-state index < -0.39 is 12.1 Å². The predicted octanol–water partition coefficient (Wildman–Crippen LogP) is 11.2. The summed E-state index contributed by atoms with van der Waals surface area (Å²) >= 11 is 0. The smallest absolute Gasteiger partial charge is 0.220 e. The molecule has 0 aromatic carbocycles. The molecule has 0 aliphatic carbocycles. The maximum absolute atomic E-state index is 12.3. The van der Waals surface area contributed by atoms with Crippen molar-refractivity contribution in [1.29, 1.82) is 0 Å². The third-order valence-corrected chi connectivity index (χ3v) is 8.26. The van der Waals surface area contributed by atoms with E-state index in [4.69, 9.17) is 0 Å². The van der Waals surface area contributed by atoms with Gasteiger partial charge >= 0.3 is 0 Å². The number of aliphatic hydroxyl groups excluding tert-OH is 2. The molecular weight excluding hydrogens is 542 g/mol. The van der Waals surface area contributed by atoms with Crippen molar-refractivity contribution in [1.82, 2.24) is 5.32 Å². The normalized spacial score (nSPS) is 13.6. The SMILES string of the molecule is CCCCCC/C=C\CCCCCCCC(=O)NC(CO)C(O)/C=C/CC/C=C/CC/C=C/CCCCCCCCCCC. The molecule has 0 aliphatic rings. The summed E-state index contributed by atoms with van der Waals surface area (Å²) < 4.78 is 0. The topological polar surface area (TPSA) is 69.6 Å². The minimum Gasteiger partial charge on any atom is -0.394 e. The van der Waals surface area contributed by atoms with Crippen molar-refractivity contribution in [3.8, 4) is 0 Å². The molecule has 0 spiro atoms. The van der Waals surface area contributed by atoms with Crippen molar-refractivity contribution < 1.29 is 15.0 Å². The standard InChI is InChI=1S/C40H73NO3/c1-3-5-7-9-11-13-15-17-18-19-20-21-22-24-25-27-29-31-33-35-39(43)38(37-42)41-40(44)36-34-32-30-28-26-23-16-14-12-10-8-6-4-2/h14,16,20-21,25,27,33,35,38-39,42-43H,3-13,15,17-19,22-24,26,28-32,34,36-37H2,1-2H3,(H,41,44)/b16-14-,21-20+,27-25+,35-33+. The molecule has 1 amide bonds. The van der Waals surface area contributed by atoms with E-state index in [0.29, 0.717) is 6.42 Å². The molecule has 0 fully saturated rings. The number of unbranched alkanes of at least 4 members (excludes halogenated alkanes) is 20. The molecule has 3 N–H and O–H groups in total. The molecule has 0 heterocycles. The molecule has 2 unspecified atom stereocenters. The van der Waals surface area contributed by atoms with Crippen LogP contribution in [0.2, 0.25) is 0 Å². The molecule has 0 radical (unpaired) electrons. The summed E-state index contributed by atoms with van der Waals surface area (Å²) in [5, 5.41) is 22.9. The lowest BCUT2D eigenvalue weighted by atomic mass is 10.1. The molecule has 0 saturated heterocycles. The zero-order valence-corrected chi connectivity index (χ0v) is 29.2. The van der Waals surface area contributed by atoms with Gasteiger partial charge in [-0.1, -0.05) is 152 Å². The van der Waals surface area contributed by atoms with Crippen LogP contribution in [0.5, 0.6) is 0 Å². The van der Waals surface area contributed by atoms with Crippen LogP contribution in [0.15, 0.2) is 48.6 Å². The molecule has 4 heteroatoms. The second kappa shape index (κ2) is 35.8. The minimum absolute atomic E-state index is 0.0901. The average Bonchev–Trinajstić information content (AvgIpc) is 3.03. The molecule has 44 heavy (non-hydrogen) atoms. The maximum atomic E-state index is 12.3. The fraction of sp³-hybridized carbons (Fsp3) is 0.775. The third kappa shape index (κ3) is 31.8. The molecule has 256 valence electrons. The summed E-state index contributed by atoms with van der Waals surface area (Å²) in [5.41, 5.74) is 0. The van der Waals surface area contributed by atoms with E-state index >= 15 is 0 Å². The first-order valence-corrected chi connectivity index (χ1v) is 18.9. The first kappa shape index (κ1) is 42.3. The van der Waals surface area contributed by atoms with Gasteiger partial charge in [-0.15, -0.1) is 0 Å². The molecule has 4 nitrogen and oxygen atoms in total. The summed E-state index contributed by atoms with van der Waals surface area (Å²) in [7, 11) is 0. The summed E-state index contributed by atoms with van der Waals surface area (Å²) in [4.78, 5) is 12.3. The molecule has 0 aromatic heterocycles. The summed E-state index contributed by atoms with van der Waals surface area (Å²) in [6.45, 7) is 4.25. The Bertz CT molecular complexity index is 711. The third-order valence-electron chi connectivity index (χ3n) is 8.26. The van der Waals surface area contributed by atoms with Gasteiger partial charge in [0.1, 0.15) is 0 Å². The Kier molecular flexibility index (Phi) is 34.5. The van der Waals surface area contributed by atoms with Crippen molar-refractivity contribution in [3.63, 3.8) is 0 Å². The second-order valence-electron chi connectivity index (χ2n) is 12.6. The van der Waals surface area contributed by atoms with Crippen LogP contribution in [0, 0.1) is 0 Å². The fourth-order valence-corrected chi connectivity index (χ4v) is 5.32. The van der Waals surface area contributed by atoms with Crippen LogP contribution in [-0.4, -0.2) is 34.9 Å². The Hall–Kier alpha value is -1.65. The van der Waals surface area contributed by atoms with Gasteiger partial charge in [0.25, 0.3) is 0 Å². The number of amides is 1. The minimum atomic E-state index is -0.872. The van der Waals surface area contributed by atoms with Crippen LogP contribution in [0.4, 0.5) is 0 Å². The largest absolute Gasteiger partial charge is 0.394 e. The van der Waals surface area contributed by atoms with Gasteiger partial charge in [-0.2, -0.15) is 0 Å². The number of rotatable bonds is 33.